The van der Waals surface area contributed by atoms with E-state index in [1.807, 2.05) is 12.1 Å². The molecule has 0 aromatic heterocycles. The van der Waals surface area contributed by atoms with Crippen LogP contribution in [0.4, 0.5) is 0 Å². The van der Waals surface area contributed by atoms with Crippen molar-refractivity contribution in [3.63, 3.8) is 0 Å². The predicted octanol–water partition coefficient (Wildman–Crippen LogP) is 5.09. The number of methoxy groups -OCH3 is 1. The fraction of sp³-hybridized carbons (Fsp3) is 0.333. The summed E-state index contributed by atoms with van der Waals surface area (Å²) in [5.74, 6) is 1.37. The molecule has 0 unspecified atom stereocenters. The lowest BCUT2D eigenvalue weighted by atomic mass is 9.78. The van der Waals surface area contributed by atoms with Gasteiger partial charge in [-0.3, -0.25) is 0 Å². The van der Waals surface area contributed by atoms with E-state index in [0.717, 1.165) is 11.3 Å². The molecule has 0 radical (unpaired) electrons. The molecule has 2 atom stereocenters. The van der Waals surface area contributed by atoms with Crippen LogP contribution in [-0.2, 0) is 6.42 Å². The van der Waals surface area contributed by atoms with E-state index in [1.54, 1.807) is 7.11 Å². The van der Waals surface area contributed by atoms with Crippen molar-refractivity contribution in [2.45, 2.75) is 30.8 Å². The Morgan fingerprint density at radius 2 is 1.91 bits per heavy atom. The third-order valence-electron chi connectivity index (χ3n) is 4.73. The Morgan fingerprint density at radius 1 is 1.09 bits per heavy atom. The minimum atomic E-state index is -0.0439. The first-order chi connectivity index (χ1) is 10.6. The molecular formula is C18H20Cl2OSi. The summed E-state index contributed by atoms with van der Waals surface area (Å²) in [6, 6.07) is 12.5. The highest BCUT2D eigenvalue weighted by Gasteiger charge is 2.28. The van der Waals surface area contributed by atoms with Crippen molar-refractivity contribution < 1.29 is 4.74 Å². The molecule has 116 valence electrons. The molecular weight excluding hydrogens is 331 g/mol. The van der Waals surface area contributed by atoms with Gasteiger partial charge in [-0.1, -0.05) is 41.9 Å². The summed E-state index contributed by atoms with van der Waals surface area (Å²) in [5.41, 5.74) is 4.95. The van der Waals surface area contributed by atoms with Crippen LogP contribution in [0.2, 0.25) is 22.1 Å². The zero-order valence-electron chi connectivity index (χ0n) is 12.9. The molecule has 0 amide bonds. The first-order valence-electron chi connectivity index (χ1n) is 7.74. The summed E-state index contributed by atoms with van der Waals surface area (Å²) in [6.45, 7) is 2.40. The molecule has 1 aliphatic carbocycles. The highest BCUT2D eigenvalue weighted by molar-refractivity contribution is 6.42. The van der Waals surface area contributed by atoms with E-state index in [2.05, 4.69) is 30.8 Å². The Kier molecular flexibility index (Phi) is 4.81. The summed E-state index contributed by atoms with van der Waals surface area (Å²) in [7, 11) is 1.69. The van der Waals surface area contributed by atoms with Crippen LogP contribution < -0.4 is 4.74 Å². The zero-order valence-corrected chi connectivity index (χ0v) is 15.8. The average molecular weight is 351 g/mol. The third kappa shape index (κ3) is 3.05. The summed E-state index contributed by atoms with van der Waals surface area (Å²) in [6.07, 6.45) is 2.41. The van der Waals surface area contributed by atoms with E-state index < -0.39 is 0 Å². The minimum Gasteiger partial charge on any atom is -0.497 e. The largest absolute Gasteiger partial charge is 0.497 e. The van der Waals surface area contributed by atoms with Crippen LogP contribution in [0.5, 0.6) is 5.75 Å². The van der Waals surface area contributed by atoms with E-state index in [1.165, 1.54) is 29.5 Å². The highest BCUT2D eigenvalue weighted by atomic mass is 35.5. The minimum absolute atomic E-state index is 0.0439. The zero-order chi connectivity index (χ0) is 15.7. The highest BCUT2D eigenvalue weighted by Crippen LogP contribution is 2.43. The van der Waals surface area contributed by atoms with Crippen LogP contribution in [0.25, 0.3) is 0 Å². The third-order valence-corrected chi connectivity index (χ3v) is 7.24. The number of benzene rings is 2. The van der Waals surface area contributed by atoms with Crippen LogP contribution >= 0.6 is 23.2 Å². The van der Waals surface area contributed by atoms with Gasteiger partial charge < -0.3 is 4.74 Å². The van der Waals surface area contributed by atoms with Gasteiger partial charge in [-0.05, 0) is 59.3 Å². The first-order valence-corrected chi connectivity index (χ1v) is 10.7. The van der Waals surface area contributed by atoms with Gasteiger partial charge in [-0.2, -0.15) is 0 Å². The maximum atomic E-state index is 6.23. The second-order valence-corrected chi connectivity index (χ2v) is 8.79. The van der Waals surface area contributed by atoms with E-state index >= 15 is 0 Å². The predicted molar refractivity (Wildman–Crippen MR) is 97.8 cm³/mol. The van der Waals surface area contributed by atoms with Crippen LogP contribution in [0, 0.1) is 0 Å². The van der Waals surface area contributed by atoms with Crippen LogP contribution in [0.3, 0.4) is 0 Å². The Balaban J connectivity index is 2.05. The molecule has 1 nitrogen and oxygen atoms in total. The van der Waals surface area contributed by atoms with Crippen LogP contribution in [0.15, 0.2) is 36.4 Å². The summed E-state index contributed by atoms with van der Waals surface area (Å²) < 4.78 is 5.40. The number of hydrogen-bond acceptors (Lipinski definition) is 1. The second-order valence-electron chi connectivity index (χ2n) is 6.00. The van der Waals surface area contributed by atoms with Gasteiger partial charge >= 0.3 is 0 Å². The Labute approximate surface area is 144 Å². The van der Waals surface area contributed by atoms with Gasteiger partial charge in [0.1, 0.15) is 5.75 Å². The normalized spacial score (nSPS) is 21.1. The average Bonchev–Trinajstić information content (AvgIpc) is 2.55. The van der Waals surface area contributed by atoms with Crippen molar-refractivity contribution in [3.8, 4) is 5.75 Å². The molecule has 22 heavy (non-hydrogen) atoms. The molecule has 0 heterocycles. The lowest BCUT2D eigenvalue weighted by Crippen LogP contribution is -2.19. The van der Waals surface area contributed by atoms with Gasteiger partial charge in [0.05, 0.1) is 17.2 Å². The molecule has 2 aromatic carbocycles. The van der Waals surface area contributed by atoms with Gasteiger partial charge in [-0.25, -0.2) is 0 Å². The molecule has 1 aliphatic rings. The maximum Gasteiger partial charge on any atom is 0.119 e. The fourth-order valence-electron chi connectivity index (χ4n) is 3.44. The Hall–Kier alpha value is -0.963. The Morgan fingerprint density at radius 3 is 2.59 bits per heavy atom. The molecule has 0 saturated heterocycles. The SMILES string of the molecule is COc1ccc2c(c1)C[C@@H]([SiH2]C)C[C@@H]2c1ccc(Cl)c(Cl)c1. The quantitative estimate of drug-likeness (QED) is 0.700. The monoisotopic (exact) mass is 350 g/mol. The molecule has 0 fully saturated rings. The van der Waals surface area contributed by atoms with E-state index in [9.17, 15) is 0 Å². The number of rotatable bonds is 3. The molecule has 0 saturated carbocycles. The molecule has 3 rings (SSSR count). The summed E-state index contributed by atoms with van der Waals surface area (Å²) >= 11 is 12.3. The lowest BCUT2D eigenvalue weighted by Gasteiger charge is -2.32. The topological polar surface area (TPSA) is 9.23 Å². The van der Waals surface area contributed by atoms with Crippen LogP contribution in [0.1, 0.15) is 29.0 Å². The number of hydrogen-bond donors (Lipinski definition) is 0. The Bertz CT molecular complexity index is 687. The van der Waals surface area contributed by atoms with Gasteiger partial charge in [0.15, 0.2) is 0 Å². The summed E-state index contributed by atoms with van der Waals surface area (Å²) in [5, 5.41) is 1.27. The van der Waals surface area contributed by atoms with Crippen molar-refractivity contribution in [1.82, 2.24) is 0 Å². The number of halogens is 2. The maximum absolute atomic E-state index is 6.23. The van der Waals surface area contributed by atoms with Crippen molar-refractivity contribution in [3.05, 3.63) is 63.1 Å². The number of fused-ring (bicyclic) bond motifs is 1. The van der Waals surface area contributed by atoms with Crippen molar-refractivity contribution >= 4 is 32.7 Å². The fourth-order valence-corrected chi connectivity index (χ4v) is 5.01. The lowest BCUT2D eigenvalue weighted by molar-refractivity contribution is 0.413. The van der Waals surface area contributed by atoms with Crippen molar-refractivity contribution in [2.24, 2.45) is 0 Å². The molecule has 0 bridgehead atoms. The molecule has 0 N–H and O–H groups in total. The molecule has 0 spiro atoms. The van der Waals surface area contributed by atoms with Gasteiger partial charge in [-0.15, -0.1) is 0 Å². The van der Waals surface area contributed by atoms with Crippen molar-refractivity contribution in [1.29, 1.82) is 0 Å². The molecule has 0 aliphatic heterocycles. The second kappa shape index (κ2) is 6.65. The van der Waals surface area contributed by atoms with Gasteiger partial charge in [0, 0.05) is 15.4 Å². The molecule has 4 heteroatoms. The smallest absolute Gasteiger partial charge is 0.119 e. The van der Waals surface area contributed by atoms with E-state index in [-0.39, 0.29) is 9.52 Å². The first kappa shape index (κ1) is 15.9. The van der Waals surface area contributed by atoms with E-state index in [0.29, 0.717) is 16.0 Å². The number of ether oxygens (including phenoxy) is 1. The van der Waals surface area contributed by atoms with Crippen molar-refractivity contribution in [2.75, 3.05) is 7.11 Å². The van der Waals surface area contributed by atoms with Gasteiger partial charge in [0.2, 0.25) is 0 Å². The molecule has 2 aromatic rings. The standard InChI is InChI=1S/C18H20Cl2OSi/c1-21-13-4-5-15-12(7-13)8-14(22-2)10-16(15)11-3-6-17(19)18(20)9-11/h3-7,9,14,16H,8,10,22H2,1-2H3/t14-,16-/m1/s1. The van der Waals surface area contributed by atoms with Crippen LogP contribution in [-0.4, -0.2) is 16.6 Å². The van der Waals surface area contributed by atoms with Gasteiger partial charge in [0.25, 0.3) is 0 Å². The van der Waals surface area contributed by atoms with E-state index in [4.69, 9.17) is 27.9 Å². The summed E-state index contributed by atoms with van der Waals surface area (Å²) in [4.78, 5) is 0.